The van der Waals surface area contributed by atoms with Crippen LogP contribution in [0.4, 0.5) is 0 Å². The van der Waals surface area contributed by atoms with E-state index in [2.05, 4.69) is 5.32 Å². The van der Waals surface area contributed by atoms with Gasteiger partial charge in [0, 0.05) is 5.56 Å². The lowest BCUT2D eigenvalue weighted by molar-refractivity contribution is 0.112. The summed E-state index contributed by atoms with van der Waals surface area (Å²) in [7, 11) is 7.63. The average molecular weight is 173 g/mol. The minimum atomic E-state index is 0.690. The molecule has 1 aromatic carbocycles. The molecule has 1 aromatic rings. The van der Waals surface area contributed by atoms with Crippen LogP contribution in [0.25, 0.3) is 0 Å². The molecule has 1 N–H and O–H groups in total. The van der Waals surface area contributed by atoms with Gasteiger partial charge in [-0.1, -0.05) is 23.7 Å². The Hall–Kier alpha value is -1.09. The van der Waals surface area contributed by atoms with Crippen LogP contribution in [0.2, 0.25) is 0 Å². The molecule has 0 aliphatic heterocycles. The molecule has 2 radical (unpaired) electrons. The van der Waals surface area contributed by atoms with Crippen LogP contribution in [-0.4, -0.2) is 27.7 Å². The van der Waals surface area contributed by atoms with Crippen molar-refractivity contribution in [2.24, 2.45) is 0 Å². The molecule has 66 valence electrons. The van der Waals surface area contributed by atoms with E-state index in [-0.39, 0.29) is 0 Å². The maximum atomic E-state index is 10.7. The fraction of sp³-hybridized carbons (Fsp3) is 0.300. The van der Waals surface area contributed by atoms with E-state index >= 15 is 0 Å². The highest BCUT2D eigenvalue weighted by molar-refractivity contribution is 6.33. The highest BCUT2D eigenvalue weighted by atomic mass is 16.1. The van der Waals surface area contributed by atoms with Crippen molar-refractivity contribution in [3.05, 3.63) is 29.3 Å². The van der Waals surface area contributed by atoms with Crippen molar-refractivity contribution in [1.29, 1.82) is 0 Å². The molecule has 0 fully saturated rings. The molecule has 0 bridgehead atoms. The van der Waals surface area contributed by atoms with Crippen molar-refractivity contribution in [2.45, 2.75) is 6.42 Å². The van der Waals surface area contributed by atoms with Gasteiger partial charge >= 0.3 is 0 Å². The summed E-state index contributed by atoms with van der Waals surface area (Å²) in [6.45, 7) is 0.828. The molecule has 0 aromatic heterocycles. The zero-order chi connectivity index (χ0) is 9.68. The first-order valence-electron chi connectivity index (χ1n) is 4.26. The molecule has 3 heteroatoms. The summed E-state index contributed by atoms with van der Waals surface area (Å²) in [6.07, 6.45) is 1.64. The zero-order valence-corrected chi connectivity index (χ0v) is 7.71. The summed E-state index contributed by atoms with van der Waals surface area (Å²) in [6, 6.07) is 5.40. The Bertz CT molecular complexity index is 299. The highest BCUT2D eigenvalue weighted by Crippen LogP contribution is 2.03. The van der Waals surface area contributed by atoms with Crippen molar-refractivity contribution >= 4 is 19.6 Å². The van der Waals surface area contributed by atoms with Gasteiger partial charge in [0.25, 0.3) is 0 Å². The monoisotopic (exact) mass is 173 g/mol. The third-order valence-corrected chi connectivity index (χ3v) is 2.00. The largest absolute Gasteiger partial charge is 0.319 e. The lowest BCUT2D eigenvalue weighted by atomic mass is 9.86. The Kier molecular flexibility index (Phi) is 3.71. The molecular formula is C10H12BNO. The number of carbonyl (C=O) groups excluding carboxylic acids is 1. The van der Waals surface area contributed by atoms with Crippen LogP contribution in [0, 0.1) is 0 Å². The Morgan fingerprint density at radius 3 is 2.92 bits per heavy atom. The maximum absolute atomic E-state index is 10.7. The quantitative estimate of drug-likeness (QED) is 0.515. The predicted octanol–water partition coefficient (Wildman–Crippen LogP) is 0.0548. The van der Waals surface area contributed by atoms with Gasteiger partial charge in [-0.2, -0.15) is 0 Å². The van der Waals surface area contributed by atoms with Crippen LogP contribution < -0.4 is 10.8 Å². The third-order valence-electron chi connectivity index (χ3n) is 2.00. The number of nitrogens with one attached hydrogen (secondary N) is 1. The Labute approximate surface area is 79.8 Å². The number of carbonyl (C=O) groups is 1. The number of likely N-dealkylation sites (N-methyl/N-ethyl adjacent to an activating group) is 1. The molecule has 0 spiro atoms. The summed E-state index contributed by atoms with van der Waals surface area (Å²) in [5.74, 6) is 0. The summed E-state index contributed by atoms with van der Waals surface area (Å²) >= 11 is 0. The van der Waals surface area contributed by atoms with E-state index in [9.17, 15) is 4.79 Å². The number of aldehydes is 1. The van der Waals surface area contributed by atoms with Gasteiger partial charge in [-0.15, -0.1) is 0 Å². The van der Waals surface area contributed by atoms with Crippen LogP contribution in [0.15, 0.2) is 18.2 Å². The summed E-state index contributed by atoms with van der Waals surface area (Å²) < 4.78 is 0. The van der Waals surface area contributed by atoms with Crippen LogP contribution in [-0.2, 0) is 6.42 Å². The standard InChI is InChI=1S/C10H12BNO/c1-12-6-5-9-8(7-13)3-2-4-10(9)11/h2-4,7,12H,5-6H2,1H3. The van der Waals surface area contributed by atoms with Crippen LogP contribution in [0.3, 0.4) is 0 Å². The molecule has 0 heterocycles. The third kappa shape index (κ3) is 2.42. The smallest absolute Gasteiger partial charge is 0.150 e. The molecule has 0 saturated heterocycles. The van der Waals surface area contributed by atoms with Crippen molar-refractivity contribution in [3.8, 4) is 0 Å². The number of hydrogen-bond acceptors (Lipinski definition) is 2. The Balaban J connectivity index is 2.93. The normalized spacial score (nSPS) is 9.92. The Morgan fingerprint density at radius 2 is 2.31 bits per heavy atom. The van der Waals surface area contributed by atoms with Crippen molar-refractivity contribution in [3.63, 3.8) is 0 Å². The van der Waals surface area contributed by atoms with E-state index < -0.39 is 0 Å². The first-order chi connectivity index (χ1) is 6.29. The maximum Gasteiger partial charge on any atom is 0.150 e. The molecule has 2 nitrogen and oxygen atoms in total. The first-order valence-corrected chi connectivity index (χ1v) is 4.26. The molecule has 0 aliphatic carbocycles. The lowest BCUT2D eigenvalue weighted by Crippen LogP contribution is -2.19. The predicted molar refractivity (Wildman–Crippen MR) is 54.8 cm³/mol. The van der Waals surface area contributed by atoms with E-state index in [0.717, 1.165) is 24.8 Å². The van der Waals surface area contributed by atoms with E-state index in [0.29, 0.717) is 11.0 Å². The number of benzene rings is 1. The highest BCUT2D eigenvalue weighted by Gasteiger charge is 2.02. The van der Waals surface area contributed by atoms with E-state index in [1.54, 1.807) is 12.1 Å². The molecule has 0 amide bonds. The van der Waals surface area contributed by atoms with E-state index in [4.69, 9.17) is 7.85 Å². The minimum Gasteiger partial charge on any atom is -0.319 e. The van der Waals surface area contributed by atoms with Gasteiger partial charge in [-0.25, -0.2) is 0 Å². The van der Waals surface area contributed by atoms with Crippen molar-refractivity contribution < 1.29 is 4.79 Å². The second kappa shape index (κ2) is 4.82. The van der Waals surface area contributed by atoms with Gasteiger partial charge in [0.2, 0.25) is 0 Å². The minimum absolute atomic E-state index is 0.690. The van der Waals surface area contributed by atoms with Gasteiger partial charge in [0.05, 0.1) is 0 Å². The molecule has 0 saturated carbocycles. The molecule has 0 unspecified atom stereocenters. The second-order valence-corrected chi connectivity index (χ2v) is 2.89. The SMILES string of the molecule is [B]c1cccc(C=O)c1CCNC. The number of rotatable bonds is 4. The van der Waals surface area contributed by atoms with Gasteiger partial charge in [-0.05, 0) is 25.6 Å². The Morgan fingerprint density at radius 1 is 1.54 bits per heavy atom. The van der Waals surface area contributed by atoms with Gasteiger partial charge < -0.3 is 5.32 Å². The molecular weight excluding hydrogens is 161 g/mol. The summed E-state index contributed by atoms with van der Waals surface area (Å²) in [4.78, 5) is 10.7. The van der Waals surface area contributed by atoms with Gasteiger partial charge in [-0.3, -0.25) is 4.79 Å². The van der Waals surface area contributed by atoms with Gasteiger partial charge in [0.1, 0.15) is 14.1 Å². The molecule has 1 rings (SSSR count). The summed E-state index contributed by atoms with van der Waals surface area (Å²) in [5.41, 5.74) is 2.32. The van der Waals surface area contributed by atoms with E-state index in [1.807, 2.05) is 13.1 Å². The fourth-order valence-electron chi connectivity index (χ4n) is 1.27. The zero-order valence-electron chi connectivity index (χ0n) is 7.71. The lowest BCUT2D eigenvalue weighted by Gasteiger charge is -2.08. The van der Waals surface area contributed by atoms with Crippen LogP contribution >= 0.6 is 0 Å². The summed E-state index contributed by atoms with van der Waals surface area (Å²) in [5, 5.41) is 3.02. The van der Waals surface area contributed by atoms with Crippen LogP contribution in [0.5, 0.6) is 0 Å². The number of hydrogen-bond donors (Lipinski definition) is 1. The van der Waals surface area contributed by atoms with Crippen molar-refractivity contribution in [1.82, 2.24) is 5.32 Å². The fourth-order valence-corrected chi connectivity index (χ4v) is 1.27. The average Bonchev–Trinajstić information content (AvgIpc) is 2.15. The van der Waals surface area contributed by atoms with Crippen molar-refractivity contribution in [2.75, 3.05) is 13.6 Å². The molecule has 0 aliphatic rings. The van der Waals surface area contributed by atoms with Crippen LogP contribution in [0.1, 0.15) is 15.9 Å². The van der Waals surface area contributed by atoms with E-state index in [1.165, 1.54) is 0 Å². The van der Waals surface area contributed by atoms with Gasteiger partial charge in [0.15, 0.2) is 0 Å². The first kappa shape index (κ1) is 10.00. The molecule has 0 atom stereocenters. The molecule has 13 heavy (non-hydrogen) atoms. The topological polar surface area (TPSA) is 29.1 Å². The second-order valence-electron chi connectivity index (χ2n) is 2.89.